The molecule has 0 aliphatic rings. The molecule has 2 N–H and O–H groups in total. The lowest BCUT2D eigenvalue weighted by atomic mass is 10.0. The summed E-state index contributed by atoms with van der Waals surface area (Å²) >= 11 is 3.39. The number of hydrogen-bond acceptors (Lipinski definition) is 2. The summed E-state index contributed by atoms with van der Waals surface area (Å²) in [6.07, 6.45) is 1.71. The van der Waals surface area contributed by atoms with Crippen molar-refractivity contribution in [1.82, 2.24) is 5.32 Å². The largest absolute Gasteiger partial charge is 0.321 e. The number of carbonyl (C=O) groups is 2. The minimum atomic E-state index is -0.403. The van der Waals surface area contributed by atoms with Crippen molar-refractivity contribution in [2.75, 3.05) is 5.32 Å². The molecule has 2 amide bonds. The first-order chi connectivity index (χ1) is 15.1. The van der Waals surface area contributed by atoms with Crippen molar-refractivity contribution in [3.63, 3.8) is 0 Å². The molecule has 0 radical (unpaired) electrons. The van der Waals surface area contributed by atoms with Gasteiger partial charge in [0.1, 0.15) is 5.70 Å². The number of amides is 2. The van der Waals surface area contributed by atoms with Crippen molar-refractivity contribution in [1.29, 1.82) is 0 Å². The number of rotatable bonds is 5. The molecule has 152 valence electrons. The van der Waals surface area contributed by atoms with Crippen molar-refractivity contribution < 1.29 is 9.59 Å². The highest BCUT2D eigenvalue weighted by atomic mass is 79.9. The Labute approximate surface area is 188 Å². The summed E-state index contributed by atoms with van der Waals surface area (Å²) in [6, 6.07) is 29.8. The molecule has 5 heteroatoms. The summed E-state index contributed by atoms with van der Waals surface area (Å²) in [5.41, 5.74) is 2.11. The van der Waals surface area contributed by atoms with Crippen LogP contribution in [0.15, 0.2) is 107 Å². The van der Waals surface area contributed by atoms with Crippen molar-refractivity contribution in [3.8, 4) is 0 Å². The van der Waals surface area contributed by atoms with Crippen LogP contribution in [0.5, 0.6) is 0 Å². The van der Waals surface area contributed by atoms with Gasteiger partial charge in [-0.3, -0.25) is 9.59 Å². The molecule has 0 bridgehead atoms. The summed E-state index contributed by atoms with van der Waals surface area (Å²) in [5.74, 6) is -0.752. The van der Waals surface area contributed by atoms with Gasteiger partial charge >= 0.3 is 0 Å². The molecular formula is C26H19BrN2O2. The highest BCUT2D eigenvalue weighted by Crippen LogP contribution is 2.21. The van der Waals surface area contributed by atoms with E-state index < -0.39 is 5.91 Å². The Morgan fingerprint density at radius 2 is 1.42 bits per heavy atom. The number of fused-ring (bicyclic) bond motifs is 1. The molecular weight excluding hydrogens is 452 g/mol. The van der Waals surface area contributed by atoms with Gasteiger partial charge in [0.05, 0.1) is 0 Å². The van der Waals surface area contributed by atoms with Crippen LogP contribution >= 0.6 is 15.9 Å². The van der Waals surface area contributed by atoms with E-state index in [1.807, 2.05) is 60.7 Å². The molecule has 0 aliphatic carbocycles. The van der Waals surface area contributed by atoms with Gasteiger partial charge in [0.15, 0.2) is 0 Å². The van der Waals surface area contributed by atoms with E-state index in [4.69, 9.17) is 0 Å². The SMILES string of the molecule is O=C(Nc1ccc(Br)cc1)/C(=C\c1cccc2ccccc12)NC(=O)c1ccccc1. The second kappa shape index (κ2) is 9.41. The molecule has 0 unspecified atom stereocenters. The minimum absolute atomic E-state index is 0.160. The lowest BCUT2D eigenvalue weighted by Crippen LogP contribution is -2.30. The first-order valence-electron chi connectivity index (χ1n) is 9.73. The first-order valence-corrected chi connectivity index (χ1v) is 10.5. The smallest absolute Gasteiger partial charge is 0.272 e. The average molecular weight is 471 g/mol. The Balaban J connectivity index is 1.70. The van der Waals surface area contributed by atoms with Crippen molar-refractivity contribution in [3.05, 3.63) is 118 Å². The molecule has 0 atom stereocenters. The van der Waals surface area contributed by atoms with E-state index in [2.05, 4.69) is 26.6 Å². The number of nitrogens with one attached hydrogen (secondary N) is 2. The van der Waals surface area contributed by atoms with Crippen molar-refractivity contribution in [2.45, 2.75) is 0 Å². The second-order valence-corrected chi connectivity index (χ2v) is 7.82. The van der Waals surface area contributed by atoms with Crippen LogP contribution in [-0.2, 0) is 4.79 Å². The predicted octanol–water partition coefficient (Wildman–Crippen LogP) is 6.01. The van der Waals surface area contributed by atoms with Gasteiger partial charge < -0.3 is 10.6 Å². The highest BCUT2D eigenvalue weighted by Gasteiger charge is 2.15. The molecule has 4 nitrogen and oxygen atoms in total. The molecule has 0 saturated heterocycles. The van der Waals surface area contributed by atoms with E-state index >= 15 is 0 Å². The standard InChI is InChI=1S/C26H19BrN2O2/c27-21-13-15-22(16-14-21)28-26(31)24(29-25(30)19-8-2-1-3-9-19)17-20-11-6-10-18-7-4-5-12-23(18)20/h1-17H,(H,28,31)(H,29,30)/b24-17+. The van der Waals surface area contributed by atoms with Crippen LogP contribution in [0, 0.1) is 0 Å². The molecule has 0 spiro atoms. The third kappa shape index (κ3) is 5.08. The number of anilines is 1. The molecule has 0 fully saturated rings. The monoisotopic (exact) mass is 470 g/mol. The minimum Gasteiger partial charge on any atom is -0.321 e. The average Bonchev–Trinajstić information content (AvgIpc) is 2.81. The molecule has 0 aliphatic heterocycles. The van der Waals surface area contributed by atoms with E-state index in [0.29, 0.717) is 11.3 Å². The maximum absolute atomic E-state index is 13.1. The van der Waals surface area contributed by atoms with Crippen LogP contribution in [0.3, 0.4) is 0 Å². The molecule has 0 heterocycles. The van der Waals surface area contributed by atoms with Crippen LogP contribution < -0.4 is 10.6 Å². The topological polar surface area (TPSA) is 58.2 Å². The van der Waals surface area contributed by atoms with Crippen molar-refractivity contribution in [2.24, 2.45) is 0 Å². The Morgan fingerprint density at radius 1 is 0.742 bits per heavy atom. The van der Waals surface area contributed by atoms with E-state index in [1.165, 1.54) is 0 Å². The third-order valence-electron chi connectivity index (χ3n) is 4.75. The number of benzene rings is 4. The van der Waals surface area contributed by atoms with Gasteiger partial charge in [0.25, 0.3) is 11.8 Å². The fourth-order valence-corrected chi connectivity index (χ4v) is 3.47. The molecule has 0 aromatic heterocycles. The molecule has 4 rings (SSSR count). The van der Waals surface area contributed by atoms with Gasteiger partial charge in [-0.25, -0.2) is 0 Å². The third-order valence-corrected chi connectivity index (χ3v) is 5.28. The molecule has 4 aromatic carbocycles. The lowest BCUT2D eigenvalue weighted by molar-refractivity contribution is -0.113. The zero-order valence-electron chi connectivity index (χ0n) is 16.5. The quantitative estimate of drug-likeness (QED) is 0.350. The highest BCUT2D eigenvalue weighted by molar-refractivity contribution is 9.10. The number of carbonyl (C=O) groups excluding carboxylic acids is 2. The number of hydrogen-bond donors (Lipinski definition) is 2. The van der Waals surface area contributed by atoms with E-state index in [9.17, 15) is 9.59 Å². The van der Waals surface area contributed by atoms with E-state index in [0.717, 1.165) is 20.8 Å². The molecule has 31 heavy (non-hydrogen) atoms. The van der Waals surface area contributed by atoms with Gasteiger partial charge in [-0.15, -0.1) is 0 Å². The zero-order chi connectivity index (χ0) is 21.6. The zero-order valence-corrected chi connectivity index (χ0v) is 18.1. The van der Waals surface area contributed by atoms with E-state index in [-0.39, 0.29) is 11.6 Å². The van der Waals surface area contributed by atoms with Crippen LogP contribution in [0.4, 0.5) is 5.69 Å². The Morgan fingerprint density at radius 3 is 2.19 bits per heavy atom. The van der Waals surface area contributed by atoms with Gasteiger partial charge in [0.2, 0.25) is 0 Å². The Kier molecular flexibility index (Phi) is 6.24. The fourth-order valence-electron chi connectivity index (χ4n) is 3.21. The van der Waals surface area contributed by atoms with Crippen LogP contribution in [-0.4, -0.2) is 11.8 Å². The van der Waals surface area contributed by atoms with Gasteiger partial charge in [0, 0.05) is 15.7 Å². The maximum atomic E-state index is 13.1. The maximum Gasteiger partial charge on any atom is 0.272 e. The lowest BCUT2D eigenvalue weighted by Gasteiger charge is -2.12. The van der Waals surface area contributed by atoms with Crippen LogP contribution in [0.2, 0.25) is 0 Å². The normalized spacial score (nSPS) is 11.2. The van der Waals surface area contributed by atoms with E-state index in [1.54, 1.807) is 42.5 Å². The van der Waals surface area contributed by atoms with Crippen molar-refractivity contribution >= 4 is 50.3 Å². The fraction of sp³-hybridized carbons (Fsp3) is 0. The number of halogens is 1. The predicted molar refractivity (Wildman–Crippen MR) is 129 cm³/mol. The summed E-state index contributed by atoms with van der Waals surface area (Å²) in [4.78, 5) is 25.9. The summed E-state index contributed by atoms with van der Waals surface area (Å²) in [5, 5.41) is 7.68. The first kappa shape index (κ1) is 20.6. The van der Waals surface area contributed by atoms with Gasteiger partial charge in [-0.05, 0) is 58.8 Å². The summed E-state index contributed by atoms with van der Waals surface area (Å²) in [7, 11) is 0. The van der Waals surface area contributed by atoms with Crippen LogP contribution in [0.25, 0.3) is 16.8 Å². The Hall–Kier alpha value is -3.70. The Bertz CT molecular complexity index is 1260. The summed E-state index contributed by atoms with van der Waals surface area (Å²) in [6.45, 7) is 0. The van der Waals surface area contributed by atoms with Crippen LogP contribution in [0.1, 0.15) is 15.9 Å². The second-order valence-electron chi connectivity index (χ2n) is 6.91. The molecule has 4 aromatic rings. The summed E-state index contributed by atoms with van der Waals surface area (Å²) < 4.78 is 0.911. The van der Waals surface area contributed by atoms with Gasteiger partial charge in [-0.1, -0.05) is 76.6 Å². The molecule has 0 saturated carbocycles. The van der Waals surface area contributed by atoms with Gasteiger partial charge in [-0.2, -0.15) is 0 Å².